The van der Waals surface area contributed by atoms with Gasteiger partial charge in [0.05, 0.1) is 23.6 Å². The lowest BCUT2D eigenvalue weighted by atomic mass is 9.91. The van der Waals surface area contributed by atoms with Crippen molar-refractivity contribution < 1.29 is 21.3 Å². The topological polar surface area (TPSA) is 98.2 Å². The molecule has 0 aliphatic heterocycles. The maximum Gasteiger partial charge on any atom is 0.488 e. The van der Waals surface area contributed by atoms with Crippen molar-refractivity contribution >= 4 is 22.1 Å². The van der Waals surface area contributed by atoms with Crippen molar-refractivity contribution in [2.75, 3.05) is 5.32 Å². The van der Waals surface area contributed by atoms with Crippen molar-refractivity contribution in [3.8, 4) is 5.75 Å². The monoisotopic (exact) mass is 353 g/mol. The summed E-state index contributed by atoms with van der Waals surface area (Å²) in [6, 6.07) is 4.52. The van der Waals surface area contributed by atoms with Crippen LogP contribution in [0.3, 0.4) is 0 Å². The number of carbonyl (C=O) groups is 1. The van der Waals surface area contributed by atoms with E-state index in [2.05, 4.69) is 19.5 Å². The van der Waals surface area contributed by atoms with Crippen LogP contribution in [0.2, 0.25) is 0 Å². The van der Waals surface area contributed by atoms with Gasteiger partial charge >= 0.3 is 10.5 Å². The molecule has 0 aromatic carbocycles. The van der Waals surface area contributed by atoms with Crippen molar-refractivity contribution in [2.24, 2.45) is 0 Å². The summed E-state index contributed by atoms with van der Waals surface area (Å²) in [6.45, 7) is 6.02. The van der Waals surface area contributed by atoms with Gasteiger partial charge in [0.15, 0.2) is 5.75 Å². The number of rotatable bonds is 4. The molecule has 2 aromatic rings. The zero-order valence-electron chi connectivity index (χ0n) is 13.3. The minimum Gasteiger partial charge on any atom is -0.357 e. The molecule has 2 aromatic heterocycles. The lowest BCUT2D eigenvalue weighted by Crippen LogP contribution is -2.16. The van der Waals surface area contributed by atoms with Gasteiger partial charge in [-0.05, 0) is 12.1 Å². The summed E-state index contributed by atoms with van der Waals surface area (Å²) in [5.41, 5.74) is 1.17. The van der Waals surface area contributed by atoms with E-state index in [0.717, 1.165) is 18.0 Å². The second kappa shape index (κ2) is 6.52. The zero-order valence-corrected chi connectivity index (χ0v) is 14.1. The third-order valence-electron chi connectivity index (χ3n) is 2.96. The van der Waals surface area contributed by atoms with Gasteiger partial charge < -0.3 is 9.50 Å². The summed E-state index contributed by atoms with van der Waals surface area (Å²) in [7, 11) is -5.16. The van der Waals surface area contributed by atoms with E-state index in [0.29, 0.717) is 5.56 Å². The van der Waals surface area contributed by atoms with E-state index < -0.39 is 16.4 Å². The number of anilines is 1. The highest BCUT2D eigenvalue weighted by atomic mass is 32.3. The minimum absolute atomic E-state index is 0.136. The van der Waals surface area contributed by atoms with E-state index >= 15 is 0 Å². The number of pyridine rings is 2. The van der Waals surface area contributed by atoms with Gasteiger partial charge in [-0.25, -0.2) is 0 Å². The SMILES string of the molecule is CC(C)(C)c1ccc(C(=O)Nc2cncc(OS(=O)(=O)F)c2)cn1. The fourth-order valence-corrected chi connectivity index (χ4v) is 2.14. The predicted molar refractivity (Wildman–Crippen MR) is 85.8 cm³/mol. The molecule has 24 heavy (non-hydrogen) atoms. The first-order valence-electron chi connectivity index (χ1n) is 6.91. The highest BCUT2D eigenvalue weighted by Gasteiger charge is 2.16. The normalized spacial score (nSPS) is 11.8. The van der Waals surface area contributed by atoms with Gasteiger partial charge in [0, 0.05) is 23.4 Å². The fraction of sp³-hybridized carbons (Fsp3) is 0.267. The van der Waals surface area contributed by atoms with Crippen LogP contribution in [0.4, 0.5) is 9.57 Å². The number of hydrogen-bond donors (Lipinski definition) is 1. The van der Waals surface area contributed by atoms with Crippen LogP contribution in [-0.4, -0.2) is 24.3 Å². The standard InChI is InChI=1S/C15H16FN3O4S/c1-15(2,3)13-5-4-10(7-18-13)14(20)19-11-6-12(9-17-8-11)23-24(16,21)22/h4-9H,1-3H3,(H,19,20). The first-order valence-corrected chi connectivity index (χ1v) is 8.22. The number of carbonyl (C=O) groups excluding carboxylic acids is 1. The lowest BCUT2D eigenvalue weighted by molar-refractivity contribution is 0.102. The summed E-state index contributed by atoms with van der Waals surface area (Å²) in [5, 5.41) is 2.50. The summed E-state index contributed by atoms with van der Waals surface area (Å²) in [5.74, 6) is -0.818. The molecule has 0 atom stereocenters. The van der Waals surface area contributed by atoms with E-state index in [1.807, 2.05) is 20.8 Å². The van der Waals surface area contributed by atoms with Crippen LogP contribution in [0.15, 0.2) is 36.8 Å². The zero-order chi connectivity index (χ0) is 18.0. The molecule has 2 rings (SSSR count). The van der Waals surface area contributed by atoms with Gasteiger partial charge in [0.25, 0.3) is 5.91 Å². The third-order valence-corrected chi connectivity index (χ3v) is 3.35. The van der Waals surface area contributed by atoms with Gasteiger partial charge in [-0.2, -0.15) is 8.42 Å². The van der Waals surface area contributed by atoms with Crippen LogP contribution in [0.1, 0.15) is 36.8 Å². The predicted octanol–water partition coefficient (Wildman–Crippen LogP) is 2.62. The van der Waals surface area contributed by atoms with Crippen LogP contribution in [0.25, 0.3) is 0 Å². The molecule has 7 nitrogen and oxygen atoms in total. The molecule has 1 N–H and O–H groups in total. The van der Waals surface area contributed by atoms with Gasteiger partial charge in [0.2, 0.25) is 0 Å². The molecule has 0 spiro atoms. The van der Waals surface area contributed by atoms with Crippen molar-refractivity contribution in [1.29, 1.82) is 0 Å². The van der Waals surface area contributed by atoms with Crippen molar-refractivity contribution in [3.63, 3.8) is 0 Å². The molecular weight excluding hydrogens is 337 g/mol. The van der Waals surface area contributed by atoms with Crippen molar-refractivity contribution in [1.82, 2.24) is 9.97 Å². The molecule has 128 valence electrons. The average molecular weight is 353 g/mol. The van der Waals surface area contributed by atoms with E-state index in [4.69, 9.17) is 0 Å². The Morgan fingerprint density at radius 1 is 1.21 bits per heavy atom. The van der Waals surface area contributed by atoms with Crippen LogP contribution in [-0.2, 0) is 15.9 Å². The van der Waals surface area contributed by atoms with Gasteiger partial charge in [0.1, 0.15) is 0 Å². The Kier molecular flexibility index (Phi) is 4.83. The molecule has 0 bridgehead atoms. The molecule has 0 unspecified atom stereocenters. The number of amides is 1. The second-order valence-electron chi connectivity index (χ2n) is 6.02. The Morgan fingerprint density at radius 3 is 2.46 bits per heavy atom. The van der Waals surface area contributed by atoms with E-state index in [9.17, 15) is 17.1 Å². The van der Waals surface area contributed by atoms with Crippen LogP contribution in [0.5, 0.6) is 5.75 Å². The Hall–Kier alpha value is -2.55. The van der Waals surface area contributed by atoms with Crippen LogP contribution >= 0.6 is 0 Å². The van der Waals surface area contributed by atoms with Gasteiger partial charge in [-0.15, -0.1) is 0 Å². The molecule has 0 saturated carbocycles. The maximum absolute atomic E-state index is 12.5. The number of aromatic nitrogens is 2. The highest BCUT2D eigenvalue weighted by Crippen LogP contribution is 2.21. The van der Waals surface area contributed by atoms with Crippen molar-refractivity contribution in [3.05, 3.63) is 48.0 Å². The Morgan fingerprint density at radius 2 is 1.92 bits per heavy atom. The molecule has 0 saturated heterocycles. The molecule has 0 radical (unpaired) electrons. The van der Waals surface area contributed by atoms with Crippen LogP contribution < -0.4 is 9.50 Å². The Balaban J connectivity index is 2.13. The molecule has 9 heteroatoms. The smallest absolute Gasteiger partial charge is 0.357 e. The fourth-order valence-electron chi connectivity index (χ4n) is 1.82. The third kappa shape index (κ3) is 4.98. The minimum atomic E-state index is -5.16. The maximum atomic E-state index is 12.5. The molecule has 0 aliphatic rings. The van der Waals surface area contributed by atoms with Gasteiger partial charge in [-0.3, -0.25) is 14.8 Å². The Labute approximate surface area is 139 Å². The molecule has 2 heterocycles. The molecular formula is C15H16FN3O4S. The summed E-state index contributed by atoms with van der Waals surface area (Å²) < 4.78 is 37.5. The summed E-state index contributed by atoms with van der Waals surface area (Å²) in [6.07, 6.45) is 3.72. The molecule has 0 fully saturated rings. The first-order chi connectivity index (χ1) is 11.0. The molecule has 0 aliphatic carbocycles. The van der Waals surface area contributed by atoms with Gasteiger partial charge in [-0.1, -0.05) is 24.7 Å². The van der Waals surface area contributed by atoms with E-state index in [-0.39, 0.29) is 16.9 Å². The number of hydrogen-bond acceptors (Lipinski definition) is 6. The molecule has 1 amide bonds. The van der Waals surface area contributed by atoms with Crippen LogP contribution in [0, 0.1) is 0 Å². The van der Waals surface area contributed by atoms with E-state index in [1.54, 1.807) is 12.1 Å². The summed E-state index contributed by atoms with van der Waals surface area (Å²) in [4.78, 5) is 20.1. The van der Waals surface area contributed by atoms with E-state index in [1.165, 1.54) is 12.4 Å². The number of nitrogens with zero attached hydrogens (tertiary/aromatic N) is 2. The Bertz CT molecular complexity index is 846. The highest BCUT2D eigenvalue weighted by molar-refractivity contribution is 7.81. The average Bonchev–Trinajstić information content (AvgIpc) is 2.45. The lowest BCUT2D eigenvalue weighted by Gasteiger charge is -2.17. The number of nitrogens with one attached hydrogen (secondary N) is 1. The second-order valence-corrected chi connectivity index (χ2v) is 6.97. The quantitative estimate of drug-likeness (QED) is 0.849. The largest absolute Gasteiger partial charge is 0.488 e. The first kappa shape index (κ1) is 17.8. The number of halogens is 1. The van der Waals surface area contributed by atoms with Crippen molar-refractivity contribution in [2.45, 2.75) is 26.2 Å². The summed E-state index contributed by atoms with van der Waals surface area (Å²) >= 11 is 0.